The van der Waals surface area contributed by atoms with Gasteiger partial charge in [0.25, 0.3) is 5.91 Å². The number of hydrogen-bond donors (Lipinski definition) is 0. The molecule has 0 unspecified atom stereocenters. The molecule has 1 heterocycles. The molecule has 8 heteroatoms. The van der Waals surface area contributed by atoms with Crippen molar-refractivity contribution in [1.82, 2.24) is 0 Å². The largest absolute Gasteiger partial charge is 0.487 e. The quantitative estimate of drug-likeness (QED) is 0.219. The summed E-state index contributed by atoms with van der Waals surface area (Å²) in [6, 6.07) is 29.7. The molecule has 0 aromatic heterocycles. The van der Waals surface area contributed by atoms with Crippen LogP contribution in [0.4, 0.5) is 11.4 Å². The highest BCUT2D eigenvalue weighted by atomic mass is 35.5. The highest BCUT2D eigenvalue weighted by Gasteiger charge is 2.35. The molecule has 4 nitrogen and oxygen atoms in total. The van der Waals surface area contributed by atoms with E-state index in [1.54, 1.807) is 29.2 Å². The number of rotatable bonds is 6. The van der Waals surface area contributed by atoms with Crippen LogP contribution < -0.4 is 9.64 Å². The van der Waals surface area contributed by atoms with Gasteiger partial charge in [0.05, 0.1) is 21.3 Å². The maximum absolute atomic E-state index is 13.6. The van der Waals surface area contributed by atoms with Gasteiger partial charge in [0.2, 0.25) is 0 Å². The zero-order chi connectivity index (χ0) is 25.8. The summed E-state index contributed by atoms with van der Waals surface area (Å²) >= 11 is 20.4. The van der Waals surface area contributed by atoms with Crippen molar-refractivity contribution in [2.24, 2.45) is 4.99 Å². The fourth-order valence-electron chi connectivity index (χ4n) is 3.71. The molecule has 1 aliphatic heterocycles. The molecule has 1 saturated heterocycles. The number of nitrogens with zero attached hydrogens (tertiary/aromatic N) is 2. The smallest absolute Gasteiger partial charge is 0.271 e. The van der Waals surface area contributed by atoms with Gasteiger partial charge in [0.15, 0.2) is 5.17 Å². The Morgan fingerprint density at radius 1 is 0.838 bits per heavy atom. The first-order chi connectivity index (χ1) is 18.0. The number of ether oxygens (including phenoxy) is 1. The Morgan fingerprint density at radius 2 is 1.51 bits per heavy atom. The van der Waals surface area contributed by atoms with E-state index in [-0.39, 0.29) is 12.5 Å². The normalized spacial score (nSPS) is 15.5. The van der Waals surface area contributed by atoms with Gasteiger partial charge in [-0.25, -0.2) is 4.99 Å². The number of carbonyl (C=O) groups excluding carboxylic acids is 1. The van der Waals surface area contributed by atoms with Gasteiger partial charge in [-0.05, 0) is 60.3 Å². The first-order valence-electron chi connectivity index (χ1n) is 11.3. The van der Waals surface area contributed by atoms with Crippen molar-refractivity contribution < 1.29 is 9.53 Å². The maximum atomic E-state index is 13.6. The molecule has 0 atom stereocenters. The average Bonchev–Trinajstić information content (AvgIpc) is 3.19. The van der Waals surface area contributed by atoms with Gasteiger partial charge in [0.1, 0.15) is 12.4 Å². The lowest BCUT2D eigenvalue weighted by Gasteiger charge is -2.15. The van der Waals surface area contributed by atoms with Crippen LogP contribution >= 0.6 is 46.6 Å². The Bertz CT molecular complexity index is 1510. The second kappa shape index (κ2) is 11.4. The Kier molecular flexibility index (Phi) is 7.87. The van der Waals surface area contributed by atoms with Crippen molar-refractivity contribution in [1.29, 1.82) is 0 Å². The van der Waals surface area contributed by atoms with Crippen LogP contribution in [-0.2, 0) is 11.4 Å². The molecule has 1 amide bonds. The van der Waals surface area contributed by atoms with E-state index in [1.165, 1.54) is 11.8 Å². The molecule has 0 N–H and O–H groups in total. The van der Waals surface area contributed by atoms with Crippen LogP contribution in [0.15, 0.2) is 107 Å². The van der Waals surface area contributed by atoms with Gasteiger partial charge in [-0.15, -0.1) is 0 Å². The van der Waals surface area contributed by atoms with E-state index < -0.39 is 0 Å². The van der Waals surface area contributed by atoms with Crippen molar-refractivity contribution in [3.05, 3.63) is 128 Å². The maximum Gasteiger partial charge on any atom is 0.271 e. The monoisotopic (exact) mass is 564 g/mol. The number of halogens is 3. The van der Waals surface area contributed by atoms with E-state index in [0.717, 1.165) is 16.9 Å². The second-order valence-corrected chi connectivity index (χ2v) is 10.3. The van der Waals surface area contributed by atoms with E-state index in [1.807, 2.05) is 78.9 Å². The third kappa shape index (κ3) is 5.86. The molecular formula is C29H19Cl3N2O2S. The number of carbonyl (C=O) groups is 1. The summed E-state index contributed by atoms with van der Waals surface area (Å²) in [5.41, 5.74) is 2.86. The number of amidine groups is 1. The fraction of sp³-hybridized carbons (Fsp3) is 0.0345. The summed E-state index contributed by atoms with van der Waals surface area (Å²) in [7, 11) is 0. The van der Waals surface area contributed by atoms with Crippen LogP contribution in [0, 0.1) is 0 Å². The van der Waals surface area contributed by atoms with Gasteiger partial charge in [-0.2, -0.15) is 0 Å². The number of para-hydroxylation sites is 2. The number of anilines is 1. The minimum Gasteiger partial charge on any atom is -0.487 e. The number of hydrogen-bond acceptors (Lipinski definition) is 4. The van der Waals surface area contributed by atoms with Crippen molar-refractivity contribution in [2.45, 2.75) is 6.61 Å². The van der Waals surface area contributed by atoms with E-state index in [2.05, 4.69) is 0 Å². The Morgan fingerprint density at radius 3 is 2.24 bits per heavy atom. The lowest BCUT2D eigenvalue weighted by atomic mass is 10.1. The summed E-state index contributed by atoms with van der Waals surface area (Å²) < 4.78 is 6.09. The van der Waals surface area contributed by atoms with Crippen molar-refractivity contribution in [3.63, 3.8) is 0 Å². The van der Waals surface area contributed by atoms with Crippen LogP contribution in [0.25, 0.3) is 6.08 Å². The zero-order valence-electron chi connectivity index (χ0n) is 19.3. The average molecular weight is 566 g/mol. The van der Waals surface area contributed by atoms with Crippen LogP contribution in [0.2, 0.25) is 15.1 Å². The molecule has 4 aromatic rings. The third-order valence-corrected chi connectivity index (χ3v) is 7.29. The Balaban J connectivity index is 1.53. The number of amides is 1. The molecule has 37 heavy (non-hydrogen) atoms. The standard InChI is InChI=1S/C29H19Cl3N2O2S/c30-21-15-20(27(25(32)17-21)36-18-19-9-7-8-14-24(19)31)16-26-28(35)34(23-12-5-2-6-13-23)29(37-26)33-22-10-3-1-4-11-22/h1-17H,18H2/b26-16+,33-29?. The minimum atomic E-state index is -0.209. The molecule has 1 fully saturated rings. The Hall–Kier alpha value is -3.22. The molecule has 0 saturated carbocycles. The van der Waals surface area contributed by atoms with Gasteiger partial charge >= 0.3 is 0 Å². The van der Waals surface area contributed by atoms with Crippen LogP contribution in [0.1, 0.15) is 11.1 Å². The molecule has 0 radical (unpaired) electrons. The predicted molar refractivity (Wildman–Crippen MR) is 155 cm³/mol. The molecular weight excluding hydrogens is 547 g/mol. The molecule has 184 valence electrons. The lowest BCUT2D eigenvalue weighted by Crippen LogP contribution is -2.28. The summed E-state index contributed by atoms with van der Waals surface area (Å²) in [6.45, 7) is 0.204. The number of benzene rings is 4. The minimum absolute atomic E-state index is 0.204. The fourth-order valence-corrected chi connectivity index (χ4v) is 5.46. The molecule has 5 rings (SSSR count). The van der Waals surface area contributed by atoms with Gasteiger partial charge in [-0.1, -0.05) is 89.4 Å². The van der Waals surface area contributed by atoms with Crippen molar-refractivity contribution in [3.8, 4) is 5.75 Å². The van der Waals surface area contributed by atoms with Crippen LogP contribution in [0.5, 0.6) is 5.75 Å². The SMILES string of the molecule is O=C1/C(=C\c2cc(Cl)cc(Cl)c2OCc2ccccc2Cl)SC(=Nc2ccccc2)N1c1ccccc1. The van der Waals surface area contributed by atoms with E-state index in [0.29, 0.717) is 36.5 Å². The van der Waals surface area contributed by atoms with Gasteiger partial charge < -0.3 is 4.74 Å². The van der Waals surface area contributed by atoms with Crippen LogP contribution in [-0.4, -0.2) is 11.1 Å². The molecule has 0 bridgehead atoms. The summed E-state index contributed by atoms with van der Waals surface area (Å²) in [5.74, 6) is 0.200. The van der Waals surface area contributed by atoms with E-state index >= 15 is 0 Å². The summed E-state index contributed by atoms with van der Waals surface area (Å²) in [5, 5.41) is 1.89. The first kappa shape index (κ1) is 25.4. The van der Waals surface area contributed by atoms with Crippen molar-refractivity contribution >= 4 is 75.1 Å². The molecule has 4 aromatic carbocycles. The second-order valence-electron chi connectivity index (χ2n) is 8.00. The first-order valence-corrected chi connectivity index (χ1v) is 13.2. The highest BCUT2D eigenvalue weighted by molar-refractivity contribution is 8.19. The topological polar surface area (TPSA) is 41.9 Å². The zero-order valence-corrected chi connectivity index (χ0v) is 22.4. The van der Waals surface area contributed by atoms with Gasteiger partial charge in [0, 0.05) is 21.2 Å². The van der Waals surface area contributed by atoms with Crippen molar-refractivity contribution in [2.75, 3.05) is 4.90 Å². The molecule has 1 aliphatic rings. The number of aliphatic imine (C=N–C) groups is 1. The lowest BCUT2D eigenvalue weighted by molar-refractivity contribution is -0.113. The summed E-state index contributed by atoms with van der Waals surface area (Å²) in [4.78, 5) is 20.5. The van der Waals surface area contributed by atoms with E-state index in [4.69, 9.17) is 44.5 Å². The van der Waals surface area contributed by atoms with Crippen LogP contribution in [0.3, 0.4) is 0 Å². The molecule has 0 aliphatic carbocycles. The third-order valence-electron chi connectivity index (χ3n) is 5.46. The highest BCUT2D eigenvalue weighted by Crippen LogP contribution is 2.40. The molecule has 0 spiro atoms. The number of thioether (sulfide) groups is 1. The summed E-state index contributed by atoms with van der Waals surface area (Å²) in [6.07, 6.45) is 1.73. The Labute approximate surface area is 234 Å². The van der Waals surface area contributed by atoms with E-state index in [9.17, 15) is 4.79 Å². The van der Waals surface area contributed by atoms with Gasteiger partial charge in [-0.3, -0.25) is 9.69 Å². The predicted octanol–water partition coefficient (Wildman–Crippen LogP) is 9.03.